The SMILES string of the molecule is Cc1ccccc1C(=O)/C=c1\s/c(=C/c2cccs2)c(=O)n1CC(=O)NC(C)C. The van der Waals surface area contributed by atoms with Gasteiger partial charge in [0.1, 0.15) is 11.2 Å². The minimum absolute atomic E-state index is 0.0324. The zero-order valence-corrected chi connectivity index (χ0v) is 18.1. The van der Waals surface area contributed by atoms with Gasteiger partial charge in [0.05, 0.1) is 4.53 Å². The molecule has 7 heteroatoms. The molecule has 2 heterocycles. The predicted octanol–water partition coefficient (Wildman–Crippen LogP) is 2.30. The summed E-state index contributed by atoms with van der Waals surface area (Å²) in [5.74, 6) is -0.453. The van der Waals surface area contributed by atoms with Crippen molar-refractivity contribution in [3.8, 4) is 0 Å². The maximum Gasteiger partial charge on any atom is 0.269 e. The first-order valence-electron chi connectivity index (χ1n) is 9.21. The van der Waals surface area contributed by atoms with Crippen LogP contribution in [0.4, 0.5) is 0 Å². The maximum absolute atomic E-state index is 13.0. The van der Waals surface area contributed by atoms with Crippen LogP contribution in [0.15, 0.2) is 46.6 Å². The molecular formula is C22H22N2O3S2. The van der Waals surface area contributed by atoms with Gasteiger partial charge in [0, 0.05) is 22.6 Å². The topological polar surface area (TPSA) is 68.2 Å². The fourth-order valence-electron chi connectivity index (χ4n) is 2.85. The van der Waals surface area contributed by atoms with E-state index in [1.165, 1.54) is 33.3 Å². The molecule has 2 aromatic heterocycles. The van der Waals surface area contributed by atoms with Crippen molar-refractivity contribution in [1.29, 1.82) is 0 Å². The molecule has 1 aromatic carbocycles. The Hall–Kier alpha value is -2.77. The van der Waals surface area contributed by atoms with Crippen molar-refractivity contribution in [2.45, 2.75) is 33.4 Å². The molecule has 3 aromatic rings. The first kappa shape index (κ1) is 21.0. The number of carbonyl (C=O) groups is 2. The van der Waals surface area contributed by atoms with Crippen molar-refractivity contribution in [2.24, 2.45) is 0 Å². The second-order valence-corrected chi connectivity index (χ2v) is 8.94. The van der Waals surface area contributed by atoms with Crippen molar-refractivity contribution in [3.05, 3.63) is 77.3 Å². The van der Waals surface area contributed by atoms with Gasteiger partial charge < -0.3 is 5.32 Å². The maximum atomic E-state index is 13.0. The number of hydrogen-bond acceptors (Lipinski definition) is 5. The number of hydrogen-bond donors (Lipinski definition) is 1. The Morgan fingerprint density at radius 2 is 1.93 bits per heavy atom. The first-order chi connectivity index (χ1) is 13.8. The highest BCUT2D eigenvalue weighted by Crippen LogP contribution is 2.09. The van der Waals surface area contributed by atoms with Crippen LogP contribution in [0.2, 0.25) is 0 Å². The summed E-state index contributed by atoms with van der Waals surface area (Å²) < 4.78 is 2.33. The molecule has 0 unspecified atom stereocenters. The molecule has 0 aliphatic rings. The number of carbonyl (C=O) groups excluding carboxylic acids is 2. The van der Waals surface area contributed by atoms with Gasteiger partial charge >= 0.3 is 0 Å². The number of Topliss-reactive ketones (excluding diaryl/α,β-unsaturated/α-hetero) is 1. The fraction of sp³-hybridized carbons (Fsp3) is 0.227. The molecule has 0 bridgehead atoms. The minimum atomic E-state index is -0.272. The van der Waals surface area contributed by atoms with Gasteiger partial charge in [-0.25, -0.2) is 0 Å². The van der Waals surface area contributed by atoms with Crippen LogP contribution in [0.25, 0.3) is 12.2 Å². The van der Waals surface area contributed by atoms with E-state index in [2.05, 4.69) is 5.32 Å². The number of benzene rings is 1. The van der Waals surface area contributed by atoms with Gasteiger partial charge in [-0.05, 0) is 43.9 Å². The molecule has 29 heavy (non-hydrogen) atoms. The summed E-state index contributed by atoms with van der Waals surface area (Å²) in [6, 6.07) is 11.1. The van der Waals surface area contributed by atoms with Crippen LogP contribution < -0.4 is 20.1 Å². The van der Waals surface area contributed by atoms with Gasteiger partial charge in [-0.3, -0.25) is 19.0 Å². The number of thiazole rings is 1. The van der Waals surface area contributed by atoms with Crippen molar-refractivity contribution < 1.29 is 9.59 Å². The highest BCUT2D eigenvalue weighted by atomic mass is 32.1. The molecule has 0 aliphatic heterocycles. The Kier molecular flexibility index (Phi) is 6.61. The van der Waals surface area contributed by atoms with Gasteiger partial charge in [-0.2, -0.15) is 0 Å². The van der Waals surface area contributed by atoms with Crippen molar-refractivity contribution in [1.82, 2.24) is 9.88 Å². The first-order valence-corrected chi connectivity index (χ1v) is 10.9. The van der Waals surface area contributed by atoms with Crippen molar-refractivity contribution in [2.75, 3.05) is 0 Å². The molecule has 0 fully saturated rings. The van der Waals surface area contributed by atoms with E-state index in [9.17, 15) is 14.4 Å². The van der Waals surface area contributed by atoms with Crippen molar-refractivity contribution >= 4 is 46.5 Å². The average Bonchev–Trinajstić information content (AvgIpc) is 3.26. The van der Waals surface area contributed by atoms with Crippen molar-refractivity contribution in [3.63, 3.8) is 0 Å². The normalized spacial score (nSPS) is 12.6. The summed E-state index contributed by atoms with van der Waals surface area (Å²) in [5.41, 5.74) is 1.17. The van der Waals surface area contributed by atoms with E-state index in [-0.39, 0.29) is 29.8 Å². The third-order valence-corrected chi connectivity index (χ3v) is 6.05. The number of ketones is 1. The van der Waals surface area contributed by atoms with Crippen LogP contribution in [-0.2, 0) is 11.3 Å². The van der Waals surface area contributed by atoms with Crippen LogP contribution in [-0.4, -0.2) is 22.3 Å². The van der Waals surface area contributed by atoms with Crippen LogP contribution >= 0.6 is 22.7 Å². The van der Waals surface area contributed by atoms with E-state index >= 15 is 0 Å². The van der Waals surface area contributed by atoms with Gasteiger partial charge in [-0.1, -0.05) is 30.3 Å². The summed E-state index contributed by atoms with van der Waals surface area (Å²) in [5, 5.41) is 4.73. The molecule has 0 aliphatic carbocycles. The van der Waals surface area contributed by atoms with E-state index in [0.29, 0.717) is 14.8 Å². The molecule has 0 radical (unpaired) electrons. The lowest BCUT2D eigenvalue weighted by molar-refractivity contribution is -0.122. The zero-order valence-electron chi connectivity index (χ0n) is 16.5. The number of thiophene rings is 1. The Labute approximate surface area is 176 Å². The zero-order chi connectivity index (χ0) is 21.0. The molecule has 1 amide bonds. The van der Waals surface area contributed by atoms with Crippen LogP contribution in [0, 0.1) is 6.92 Å². The number of nitrogens with zero attached hydrogens (tertiary/aromatic N) is 1. The Balaban J connectivity index is 2.11. The predicted molar refractivity (Wildman–Crippen MR) is 119 cm³/mol. The van der Waals surface area contributed by atoms with Gasteiger partial charge in [0.2, 0.25) is 5.91 Å². The van der Waals surface area contributed by atoms with E-state index in [4.69, 9.17) is 0 Å². The second-order valence-electron chi connectivity index (χ2n) is 6.90. The van der Waals surface area contributed by atoms with E-state index in [1.54, 1.807) is 12.1 Å². The second kappa shape index (κ2) is 9.15. The molecule has 5 nitrogen and oxygen atoms in total. The molecule has 0 atom stereocenters. The largest absolute Gasteiger partial charge is 0.352 e. The number of aryl methyl sites for hydroxylation is 1. The standard InChI is InChI=1S/C22H22N2O3S2/c1-14(2)23-20(26)13-24-21(12-18(25)17-9-5-4-7-15(17)3)29-19(22(24)27)11-16-8-6-10-28-16/h4-12,14H,13H2,1-3H3,(H,23,26)/b19-11+,21-12-. The monoisotopic (exact) mass is 426 g/mol. The number of nitrogens with one attached hydrogen (secondary N) is 1. The Bertz CT molecular complexity index is 1200. The molecule has 3 rings (SSSR count). The number of amides is 1. The molecule has 0 spiro atoms. The van der Waals surface area contributed by atoms with Gasteiger partial charge in [-0.15, -0.1) is 22.7 Å². The fourth-order valence-corrected chi connectivity index (χ4v) is 4.61. The highest BCUT2D eigenvalue weighted by molar-refractivity contribution is 7.11. The number of aromatic nitrogens is 1. The van der Waals surface area contributed by atoms with Crippen LogP contribution in [0.3, 0.4) is 0 Å². The number of rotatable bonds is 6. The van der Waals surface area contributed by atoms with E-state index in [1.807, 2.05) is 56.5 Å². The smallest absolute Gasteiger partial charge is 0.269 e. The molecule has 0 saturated heterocycles. The van der Waals surface area contributed by atoms with Gasteiger partial charge in [0.25, 0.3) is 5.56 Å². The average molecular weight is 427 g/mol. The molecule has 0 saturated carbocycles. The molecule has 150 valence electrons. The lowest BCUT2D eigenvalue weighted by Crippen LogP contribution is -2.40. The Morgan fingerprint density at radius 3 is 2.59 bits per heavy atom. The molecular weight excluding hydrogens is 404 g/mol. The van der Waals surface area contributed by atoms with E-state index in [0.717, 1.165) is 10.4 Å². The quantitative estimate of drug-likeness (QED) is 0.615. The summed E-state index contributed by atoms with van der Waals surface area (Å²) in [6.07, 6.45) is 3.24. The summed E-state index contributed by atoms with van der Waals surface area (Å²) >= 11 is 2.74. The van der Waals surface area contributed by atoms with Gasteiger partial charge in [0.15, 0.2) is 5.78 Å². The van der Waals surface area contributed by atoms with Crippen LogP contribution in [0.1, 0.15) is 34.6 Å². The van der Waals surface area contributed by atoms with Crippen LogP contribution in [0.5, 0.6) is 0 Å². The Morgan fingerprint density at radius 1 is 1.17 bits per heavy atom. The van der Waals surface area contributed by atoms with E-state index < -0.39 is 0 Å². The highest BCUT2D eigenvalue weighted by Gasteiger charge is 2.13. The summed E-state index contributed by atoms with van der Waals surface area (Å²) in [7, 11) is 0. The summed E-state index contributed by atoms with van der Waals surface area (Å²) in [4.78, 5) is 39.0. The minimum Gasteiger partial charge on any atom is -0.352 e. The summed E-state index contributed by atoms with van der Waals surface area (Å²) in [6.45, 7) is 5.46. The third-order valence-electron chi connectivity index (χ3n) is 4.17. The lowest BCUT2D eigenvalue weighted by Gasteiger charge is -2.08. The lowest BCUT2D eigenvalue weighted by atomic mass is 10.1. The molecule has 1 N–H and O–H groups in total. The third kappa shape index (κ3) is 5.19.